The number of unbranched alkanes of at least 4 members (excludes halogenated alkanes) is 1. The van der Waals surface area contributed by atoms with Crippen molar-refractivity contribution >= 4 is 16.6 Å². The molecule has 0 heterocycles. The van der Waals surface area contributed by atoms with Crippen molar-refractivity contribution in [3.05, 3.63) is 0 Å². The van der Waals surface area contributed by atoms with E-state index in [1.807, 2.05) is 6.92 Å². The van der Waals surface area contributed by atoms with Crippen LogP contribution >= 0.6 is 0 Å². The molecule has 0 amide bonds. The minimum Gasteiger partial charge on any atom is -0.300 e. The Labute approximate surface area is 70.8 Å². The fourth-order valence-electron chi connectivity index (χ4n) is 0.804. The molecule has 0 aliphatic rings. The van der Waals surface area contributed by atoms with Crippen LogP contribution in [0.2, 0.25) is 0 Å². The van der Waals surface area contributed by atoms with Crippen molar-refractivity contribution in [1.82, 2.24) is 0 Å². The minimum absolute atomic E-state index is 0.312. The van der Waals surface area contributed by atoms with Crippen molar-refractivity contribution in [2.75, 3.05) is 12.0 Å². The van der Waals surface area contributed by atoms with E-state index in [0.717, 1.165) is 18.6 Å². The maximum absolute atomic E-state index is 10.8. The van der Waals surface area contributed by atoms with Crippen molar-refractivity contribution in [2.24, 2.45) is 0 Å². The maximum Gasteiger partial charge on any atom is 0.132 e. The summed E-state index contributed by atoms with van der Waals surface area (Å²) < 4.78 is 10.6. The lowest BCUT2D eigenvalue weighted by Gasteiger charge is -1.96. The number of hydrogen-bond donors (Lipinski definition) is 0. The summed E-state index contributed by atoms with van der Waals surface area (Å²) in [5.41, 5.74) is 0. The lowest BCUT2D eigenvalue weighted by molar-refractivity contribution is -0.118. The molecule has 3 heteroatoms. The lowest BCUT2D eigenvalue weighted by Crippen LogP contribution is -1.98. The first-order valence-corrected chi connectivity index (χ1v) is 5.71. The van der Waals surface area contributed by atoms with Crippen LogP contribution in [0.4, 0.5) is 0 Å². The monoisotopic (exact) mass is 176 g/mol. The second-order valence-electron chi connectivity index (χ2n) is 2.63. The molecule has 0 aliphatic carbocycles. The predicted molar refractivity (Wildman–Crippen MR) is 48.1 cm³/mol. The molecular weight excluding hydrogens is 160 g/mol. The molecule has 0 radical (unpaired) electrons. The summed E-state index contributed by atoms with van der Waals surface area (Å²) in [6.07, 6.45) is 4.80. The van der Waals surface area contributed by atoms with E-state index in [4.69, 9.17) is 0 Å². The van der Waals surface area contributed by atoms with Gasteiger partial charge in [0.1, 0.15) is 5.78 Å². The highest BCUT2D eigenvalue weighted by atomic mass is 32.2. The van der Waals surface area contributed by atoms with Crippen LogP contribution in [0.15, 0.2) is 0 Å². The van der Waals surface area contributed by atoms with E-state index in [-0.39, 0.29) is 0 Å². The largest absolute Gasteiger partial charge is 0.300 e. The topological polar surface area (TPSA) is 34.1 Å². The Kier molecular flexibility index (Phi) is 6.42. The van der Waals surface area contributed by atoms with Gasteiger partial charge in [0.25, 0.3) is 0 Å². The summed E-state index contributed by atoms with van der Waals surface area (Å²) in [5.74, 6) is 1.05. The molecular formula is C8H16O2S. The summed E-state index contributed by atoms with van der Waals surface area (Å²) in [4.78, 5) is 10.8. The van der Waals surface area contributed by atoms with E-state index in [0.29, 0.717) is 18.6 Å². The molecule has 1 atom stereocenters. The average molecular weight is 176 g/mol. The third-order valence-electron chi connectivity index (χ3n) is 1.53. The van der Waals surface area contributed by atoms with Crippen LogP contribution in [-0.2, 0) is 15.6 Å². The molecule has 1 unspecified atom stereocenters. The van der Waals surface area contributed by atoms with Gasteiger partial charge in [-0.1, -0.05) is 6.92 Å². The number of ketones is 1. The first kappa shape index (κ1) is 10.8. The van der Waals surface area contributed by atoms with Crippen molar-refractivity contribution < 1.29 is 9.00 Å². The van der Waals surface area contributed by atoms with Gasteiger partial charge in [-0.15, -0.1) is 0 Å². The van der Waals surface area contributed by atoms with E-state index >= 15 is 0 Å². The second-order valence-corrected chi connectivity index (χ2v) is 4.18. The van der Waals surface area contributed by atoms with Gasteiger partial charge in [-0.3, -0.25) is 9.00 Å². The Morgan fingerprint density at radius 2 is 2.00 bits per heavy atom. The summed E-state index contributed by atoms with van der Waals surface area (Å²) in [6.45, 7) is 1.88. The van der Waals surface area contributed by atoms with Gasteiger partial charge >= 0.3 is 0 Å². The zero-order valence-corrected chi connectivity index (χ0v) is 8.08. The van der Waals surface area contributed by atoms with Crippen molar-refractivity contribution in [3.8, 4) is 0 Å². The third kappa shape index (κ3) is 7.72. The number of carbonyl (C=O) groups excluding carboxylic acids is 1. The predicted octanol–water partition coefficient (Wildman–Crippen LogP) is 1.51. The Morgan fingerprint density at radius 1 is 1.36 bits per heavy atom. The first-order valence-electron chi connectivity index (χ1n) is 3.98. The van der Waals surface area contributed by atoms with E-state index in [2.05, 4.69) is 0 Å². The fraction of sp³-hybridized carbons (Fsp3) is 0.875. The molecule has 0 aromatic carbocycles. The van der Waals surface area contributed by atoms with Crippen molar-refractivity contribution in [3.63, 3.8) is 0 Å². The van der Waals surface area contributed by atoms with E-state index in [9.17, 15) is 9.00 Å². The molecule has 2 nitrogen and oxygen atoms in total. The zero-order chi connectivity index (χ0) is 8.69. The Bertz CT molecular complexity index is 143. The van der Waals surface area contributed by atoms with Gasteiger partial charge < -0.3 is 0 Å². The molecule has 0 spiro atoms. The molecule has 0 saturated carbocycles. The van der Waals surface area contributed by atoms with Crippen LogP contribution in [0.25, 0.3) is 0 Å². The Morgan fingerprint density at radius 3 is 2.45 bits per heavy atom. The molecule has 0 fully saturated rings. The highest BCUT2D eigenvalue weighted by Crippen LogP contribution is 1.99. The van der Waals surface area contributed by atoms with Crippen LogP contribution < -0.4 is 0 Å². The van der Waals surface area contributed by atoms with E-state index < -0.39 is 10.8 Å². The van der Waals surface area contributed by atoms with Crippen molar-refractivity contribution in [2.45, 2.75) is 32.6 Å². The molecule has 0 saturated heterocycles. The Balaban J connectivity index is 3.14. The van der Waals surface area contributed by atoms with Gasteiger partial charge in [-0.2, -0.15) is 0 Å². The summed E-state index contributed by atoms with van der Waals surface area (Å²) in [5, 5.41) is 0. The number of Topliss-reactive ketones (excluding diaryl/α,β-unsaturated/α-hetero) is 1. The Hall–Kier alpha value is -0.180. The van der Waals surface area contributed by atoms with Gasteiger partial charge in [-0.05, 0) is 12.8 Å². The van der Waals surface area contributed by atoms with E-state index in [1.54, 1.807) is 6.26 Å². The summed E-state index contributed by atoms with van der Waals surface area (Å²) in [6, 6.07) is 0. The smallest absolute Gasteiger partial charge is 0.132 e. The van der Waals surface area contributed by atoms with Gasteiger partial charge in [-0.25, -0.2) is 0 Å². The van der Waals surface area contributed by atoms with Crippen LogP contribution in [0.3, 0.4) is 0 Å². The number of rotatable bonds is 6. The molecule has 0 rings (SSSR count). The van der Waals surface area contributed by atoms with Crippen LogP contribution in [0.1, 0.15) is 32.6 Å². The van der Waals surface area contributed by atoms with Gasteiger partial charge in [0.2, 0.25) is 0 Å². The molecule has 0 aliphatic heterocycles. The maximum atomic E-state index is 10.8. The highest BCUT2D eigenvalue weighted by Gasteiger charge is 1.97. The number of hydrogen-bond acceptors (Lipinski definition) is 2. The summed E-state index contributed by atoms with van der Waals surface area (Å²) in [7, 11) is -0.694. The SMILES string of the molecule is CCC(=O)CCCCS(C)=O. The van der Waals surface area contributed by atoms with Gasteiger partial charge in [0.05, 0.1) is 0 Å². The molecule has 0 aromatic rings. The van der Waals surface area contributed by atoms with Crippen LogP contribution in [-0.4, -0.2) is 22.0 Å². The first-order chi connectivity index (χ1) is 5.16. The third-order valence-corrected chi connectivity index (χ3v) is 2.40. The molecule has 0 N–H and O–H groups in total. The molecule has 66 valence electrons. The lowest BCUT2D eigenvalue weighted by atomic mass is 10.1. The zero-order valence-electron chi connectivity index (χ0n) is 7.26. The van der Waals surface area contributed by atoms with Gasteiger partial charge in [0.15, 0.2) is 0 Å². The molecule has 11 heavy (non-hydrogen) atoms. The second kappa shape index (κ2) is 6.53. The van der Waals surface area contributed by atoms with E-state index in [1.165, 1.54) is 0 Å². The normalized spacial score (nSPS) is 12.9. The fourth-order valence-corrected chi connectivity index (χ4v) is 1.41. The van der Waals surface area contributed by atoms with Crippen molar-refractivity contribution in [1.29, 1.82) is 0 Å². The molecule has 0 aromatic heterocycles. The highest BCUT2D eigenvalue weighted by molar-refractivity contribution is 7.84. The standard InChI is InChI=1S/C8H16O2S/c1-3-8(9)6-4-5-7-11(2)10/h3-7H2,1-2H3. The minimum atomic E-state index is -0.694. The van der Waals surface area contributed by atoms with Gasteiger partial charge in [0, 0.05) is 35.6 Å². The molecule has 0 bridgehead atoms. The van der Waals surface area contributed by atoms with Crippen LogP contribution in [0, 0.1) is 0 Å². The average Bonchev–Trinajstić information content (AvgIpc) is 1.97. The quantitative estimate of drug-likeness (QED) is 0.575. The number of carbonyl (C=O) groups is 1. The van der Waals surface area contributed by atoms with Crippen LogP contribution in [0.5, 0.6) is 0 Å². The summed E-state index contributed by atoms with van der Waals surface area (Å²) >= 11 is 0.